The van der Waals surface area contributed by atoms with E-state index < -0.39 is 35.3 Å². The van der Waals surface area contributed by atoms with Crippen LogP contribution in [0.2, 0.25) is 0 Å². The maximum atomic E-state index is 13.6. The van der Waals surface area contributed by atoms with E-state index in [-0.39, 0.29) is 18.2 Å². The van der Waals surface area contributed by atoms with Crippen LogP contribution in [0.15, 0.2) is 24.3 Å². The van der Waals surface area contributed by atoms with Gasteiger partial charge in [-0.1, -0.05) is 76.3 Å². The van der Waals surface area contributed by atoms with Gasteiger partial charge in [0.15, 0.2) is 5.60 Å². The standard InChI is InChI=1S/C28H44N4O4/c1-20-9-11-22(12-10-20)19-31-13-15-32(16-14-31)25(34)24(27(2,3)4)30-26(35)28(36,18-23(29)33)17-21-7-5-6-8-21/h9-12,21,24,36H,5-8,13-19H2,1-4H3,(H2,29,33)(H,30,35)/t24-,28-/m1/s1. The Morgan fingerprint density at radius 2 is 1.64 bits per heavy atom. The van der Waals surface area contributed by atoms with Gasteiger partial charge in [0.1, 0.15) is 6.04 Å². The van der Waals surface area contributed by atoms with Gasteiger partial charge in [0.2, 0.25) is 11.8 Å². The fourth-order valence-corrected chi connectivity index (χ4v) is 5.40. The molecule has 0 aromatic heterocycles. The summed E-state index contributed by atoms with van der Waals surface area (Å²) in [6.07, 6.45) is 3.68. The molecular formula is C28H44N4O4. The van der Waals surface area contributed by atoms with Crippen LogP contribution in [0.5, 0.6) is 0 Å². The Kier molecular flexibility index (Phi) is 9.17. The highest BCUT2D eigenvalue weighted by Crippen LogP contribution is 2.34. The van der Waals surface area contributed by atoms with Gasteiger partial charge in [-0.2, -0.15) is 0 Å². The lowest BCUT2D eigenvalue weighted by molar-refractivity contribution is -0.151. The second-order valence-corrected chi connectivity index (χ2v) is 11.9. The summed E-state index contributed by atoms with van der Waals surface area (Å²) in [5.41, 5.74) is 5.40. The Balaban J connectivity index is 1.65. The van der Waals surface area contributed by atoms with Crippen LogP contribution < -0.4 is 11.1 Å². The molecule has 4 N–H and O–H groups in total. The second kappa shape index (κ2) is 11.7. The number of benzene rings is 1. The first-order valence-corrected chi connectivity index (χ1v) is 13.3. The molecule has 0 bridgehead atoms. The minimum atomic E-state index is -1.91. The summed E-state index contributed by atoms with van der Waals surface area (Å²) in [7, 11) is 0. The van der Waals surface area contributed by atoms with E-state index in [0.29, 0.717) is 13.1 Å². The summed E-state index contributed by atoms with van der Waals surface area (Å²) < 4.78 is 0. The fraction of sp³-hybridized carbons (Fsp3) is 0.679. The van der Waals surface area contributed by atoms with Crippen molar-refractivity contribution >= 4 is 17.7 Å². The molecule has 1 aliphatic carbocycles. The highest BCUT2D eigenvalue weighted by atomic mass is 16.3. The van der Waals surface area contributed by atoms with E-state index in [1.54, 1.807) is 4.90 Å². The van der Waals surface area contributed by atoms with E-state index in [2.05, 4.69) is 41.4 Å². The van der Waals surface area contributed by atoms with Crippen LogP contribution in [-0.2, 0) is 20.9 Å². The molecule has 36 heavy (non-hydrogen) atoms. The first-order valence-electron chi connectivity index (χ1n) is 13.3. The van der Waals surface area contributed by atoms with E-state index in [1.165, 1.54) is 11.1 Å². The van der Waals surface area contributed by atoms with Crippen LogP contribution in [-0.4, -0.2) is 70.4 Å². The molecule has 1 aromatic carbocycles. The quantitative estimate of drug-likeness (QED) is 0.481. The number of amides is 3. The van der Waals surface area contributed by atoms with Gasteiger partial charge in [0, 0.05) is 32.7 Å². The molecule has 0 unspecified atom stereocenters. The lowest BCUT2D eigenvalue weighted by Crippen LogP contribution is -2.62. The average Bonchev–Trinajstić information content (AvgIpc) is 3.30. The molecule has 3 amide bonds. The number of nitrogens with two attached hydrogens (primary N) is 1. The molecule has 1 saturated heterocycles. The van der Waals surface area contributed by atoms with Gasteiger partial charge in [0.25, 0.3) is 5.91 Å². The Labute approximate surface area is 215 Å². The van der Waals surface area contributed by atoms with Crippen molar-refractivity contribution in [3.05, 3.63) is 35.4 Å². The van der Waals surface area contributed by atoms with Crippen molar-refractivity contribution in [2.45, 2.75) is 84.4 Å². The largest absolute Gasteiger partial charge is 0.379 e. The van der Waals surface area contributed by atoms with Gasteiger partial charge in [-0.05, 0) is 30.2 Å². The summed E-state index contributed by atoms with van der Waals surface area (Å²) in [5.74, 6) is -1.40. The van der Waals surface area contributed by atoms with Gasteiger partial charge >= 0.3 is 0 Å². The first kappa shape index (κ1) is 28.1. The van der Waals surface area contributed by atoms with Crippen LogP contribution in [0.25, 0.3) is 0 Å². The number of carbonyl (C=O) groups excluding carboxylic acids is 3. The van der Waals surface area contributed by atoms with Gasteiger partial charge in [-0.15, -0.1) is 0 Å². The molecule has 2 fully saturated rings. The summed E-state index contributed by atoms with van der Waals surface area (Å²) in [5, 5.41) is 14.1. The Hall–Kier alpha value is -2.45. The SMILES string of the molecule is Cc1ccc(CN2CCN(C(=O)[C@@H](NC(=O)[C@](O)(CC(N)=O)CC3CCCC3)C(C)(C)C)CC2)cc1. The van der Waals surface area contributed by atoms with Crippen LogP contribution in [0.4, 0.5) is 0 Å². The van der Waals surface area contributed by atoms with Crippen molar-refractivity contribution in [1.29, 1.82) is 0 Å². The Morgan fingerprint density at radius 3 is 2.17 bits per heavy atom. The molecule has 2 aliphatic rings. The molecule has 1 saturated carbocycles. The third-order valence-electron chi connectivity index (χ3n) is 7.59. The zero-order valence-electron chi connectivity index (χ0n) is 22.4. The average molecular weight is 501 g/mol. The molecule has 2 atom stereocenters. The molecule has 0 spiro atoms. The molecule has 1 heterocycles. The zero-order valence-corrected chi connectivity index (χ0v) is 22.4. The van der Waals surface area contributed by atoms with Gasteiger partial charge in [-0.25, -0.2) is 0 Å². The minimum Gasteiger partial charge on any atom is -0.379 e. The second-order valence-electron chi connectivity index (χ2n) is 11.9. The van der Waals surface area contributed by atoms with Gasteiger partial charge in [-0.3, -0.25) is 19.3 Å². The normalized spacial score (nSPS) is 20.1. The number of primary amides is 1. The number of aliphatic hydroxyl groups is 1. The number of hydrogen-bond donors (Lipinski definition) is 3. The number of piperazine rings is 1. The monoisotopic (exact) mass is 500 g/mol. The third-order valence-corrected chi connectivity index (χ3v) is 7.59. The molecule has 8 heteroatoms. The van der Waals surface area contributed by atoms with Crippen molar-refractivity contribution in [1.82, 2.24) is 15.1 Å². The molecule has 8 nitrogen and oxygen atoms in total. The number of aryl methyl sites for hydroxylation is 1. The van der Waals surface area contributed by atoms with E-state index in [1.807, 2.05) is 20.8 Å². The van der Waals surface area contributed by atoms with Crippen LogP contribution in [0.3, 0.4) is 0 Å². The van der Waals surface area contributed by atoms with E-state index in [0.717, 1.165) is 45.3 Å². The van der Waals surface area contributed by atoms with Gasteiger partial charge < -0.3 is 21.1 Å². The predicted molar refractivity (Wildman–Crippen MR) is 140 cm³/mol. The van der Waals surface area contributed by atoms with Gasteiger partial charge in [0.05, 0.1) is 6.42 Å². The van der Waals surface area contributed by atoms with Crippen molar-refractivity contribution < 1.29 is 19.5 Å². The van der Waals surface area contributed by atoms with Crippen molar-refractivity contribution in [3.63, 3.8) is 0 Å². The highest BCUT2D eigenvalue weighted by molar-refractivity contribution is 5.94. The predicted octanol–water partition coefficient (Wildman–Crippen LogP) is 2.36. The maximum Gasteiger partial charge on any atom is 0.253 e. The fourth-order valence-electron chi connectivity index (χ4n) is 5.40. The molecule has 3 rings (SSSR count). The lowest BCUT2D eigenvalue weighted by atomic mass is 9.82. The van der Waals surface area contributed by atoms with Crippen molar-refractivity contribution in [2.24, 2.45) is 17.1 Å². The first-order chi connectivity index (χ1) is 16.9. The summed E-state index contributed by atoms with van der Waals surface area (Å²) in [4.78, 5) is 42.8. The number of nitrogens with zero attached hydrogens (tertiary/aromatic N) is 2. The third kappa shape index (κ3) is 7.53. The summed E-state index contributed by atoms with van der Waals surface area (Å²) in [6.45, 7) is 11.2. The number of nitrogens with one attached hydrogen (secondary N) is 1. The lowest BCUT2D eigenvalue weighted by Gasteiger charge is -2.40. The molecule has 1 aliphatic heterocycles. The van der Waals surface area contributed by atoms with Crippen molar-refractivity contribution in [2.75, 3.05) is 26.2 Å². The highest BCUT2D eigenvalue weighted by Gasteiger charge is 2.44. The van der Waals surface area contributed by atoms with E-state index in [9.17, 15) is 19.5 Å². The minimum absolute atomic E-state index is 0.159. The molecule has 200 valence electrons. The Bertz CT molecular complexity index is 912. The van der Waals surface area contributed by atoms with Crippen LogP contribution in [0.1, 0.15) is 70.4 Å². The van der Waals surface area contributed by atoms with E-state index >= 15 is 0 Å². The smallest absolute Gasteiger partial charge is 0.253 e. The maximum absolute atomic E-state index is 13.6. The van der Waals surface area contributed by atoms with Crippen LogP contribution >= 0.6 is 0 Å². The molecule has 1 aromatic rings. The number of rotatable bonds is 9. The van der Waals surface area contributed by atoms with Crippen molar-refractivity contribution in [3.8, 4) is 0 Å². The topological polar surface area (TPSA) is 116 Å². The molecular weight excluding hydrogens is 456 g/mol. The van der Waals surface area contributed by atoms with Crippen LogP contribution in [0, 0.1) is 18.3 Å². The molecule has 0 radical (unpaired) electrons. The van der Waals surface area contributed by atoms with E-state index in [4.69, 9.17) is 5.73 Å². The summed E-state index contributed by atoms with van der Waals surface area (Å²) in [6, 6.07) is 7.67. The summed E-state index contributed by atoms with van der Waals surface area (Å²) >= 11 is 0. The number of hydrogen-bond acceptors (Lipinski definition) is 5. The number of carbonyl (C=O) groups is 3. The zero-order chi connectivity index (χ0) is 26.5. The Morgan fingerprint density at radius 1 is 1.06 bits per heavy atom.